The number of anilines is 2. The van der Waals surface area contributed by atoms with Gasteiger partial charge in [0.25, 0.3) is 5.91 Å². The molecule has 3 aromatic rings. The van der Waals surface area contributed by atoms with Gasteiger partial charge in [-0.3, -0.25) is 14.7 Å². The number of benzene rings is 1. The number of fused-ring (bicyclic) bond motifs is 1. The van der Waals surface area contributed by atoms with Crippen LogP contribution in [0.3, 0.4) is 0 Å². The average molecular weight is 329 g/mol. The maximum Gasteiger partial charge on any atom is 0.412 e. The Morgan fingerprint density at radius 3 is 2.92 bits per heavy atom. The second kappa shape index (κ2) is 5.99. The Kier molecular flexibility index (Phi) is 3.86. The number of carbonyl (C=O) groups is 2. The lowest BCUT2D eigenvalue weighted by Crippen LogP contribution is -2.19. The van der Waals surface area contributed by atoms with E-state index >= 15 is 0 Å². The quantitative estimate of drug-likeness (QED) is 0.686. The van der Waals surface area contributed by atoms with E-state index in [1.165, 1.54) is 22.6 Å². The van der Waals surface area contributed by atoms with Crippen molar-refractivity contribution in [1.29, 1.82) is 0 Å². The molecule has 2 heterocycles. The maximum absolute atomic E-state index is 12.6. The highest BCUT2D eigenvalue weighted by Crippen LogP contribution is 2.19. The van der Waals surface area contributed by atoms with E-state index in [2.05, 4.69) is 25.3 Å². The number of hydrogen-bond donors (Lipinski definition) is 2. The number of aromatic nitrogens is 5. The fraction of sp³-hybridized carbons (Fsp3) is 0.214. The molecule has 0 aliphatic heterocycles. The van der Waals surface area contributed by atoms with Gasteiger partial charge in [-0.05, 0) is 25.1 Å². The van der Waals surface area contributed by atoms with E-state index in [-0.39, 0.29) is 18.3 Å². The van der Waals surface area contributed by atoms with Crippen LogP contribution < -0.4 is 11.1 Å². The van der Waals surface area contributed by atoms with Gasteiger partial charge < -0.3 is 10.5 Å². The summed E-state index contributed by atoms with van der Waals surface area (Å²) in [6, 6.07) is 5.18. The molecule has 0 unspecified atom stereocenters. The van der Waals surface area contributed by atoms with E-state index < -0.39 is 6.09 Å². The van der Waals surface area contributed by atoms with Crippen molar-refractivity contribution < 1.29 is 14.3 Å². The number of aryl methyl sites for hydroxylation is 1. The lowest BCUT2D eigenvalue weighted by molar-refractivity contribution is 0.0888. The maximum atomic E-state index is 12.6. The molecule has 3 rings (SSSR count). The standard InChI is InChI=1S/C14H15N7O3/c1-8-16-10-4-3-9(15)5-11(10)21(8)13(22)7-20-6-12(18-19-20)17-14(23)24-2/h3-6H,7,15H2,1-2H3,(H,17,23). The number of ether oxygens (including phenoxy) is 1. The summed E-state index contributed by atoms with van der Waals surface area (Å²) < 4.78 is 7.24. The molecule has 3 N–H and O–H groups in total. The van der Waals surface area contributed by atoms with Crippen molar-refractivity contribution in [1.82, 2.24) is 24.5 Å². The largest absolute Gasteiger partial charge is 0.453 e. The molecule has 0 aliphatic rings. The third-order valence-corrected chi connectivity index (χ3v) is 3.35. The molecule has 124 valence electrons. The molecule has 0 atom stereocenters. The number of methoxy groups -OCH3 is 1. The number of carbonyl (C=O) groups excluding carboxylic acids is 2. The minimum atomic E-state index is -0.666. The predicted octanol–water partition coefficient (Wildman–Crippen LogP) is 1.04. The number of nitrogens with one attached hydrogen (secondary N) is 1. The molecule has 0 fully saturated rings. The summed E-state index contributed by atoms with van der Waals surface area (Å²) in [6.45, 7) is 1.66. The Labute approximate surface area is 136 Å². The second-order valence-electron chi connectivity index (χ2n) is 5.05. The van der Waals surface area contributed by atoms with E-state index in [9.17, 15) is 9.59 Å². The summed E-state index contributed by atoms with van der Waals surface area (Å²) >= 11 is 0. The molecule has 0 saturated heterocycles. The zero-order valence-electron chi connectivity index (χ0n) is 13.1. The van der Waals surface area contributed by atoms with E-state index in [0.717, 1.165) is 0 Å². The molecule has 1 aromatic carbocycles. The first-order valence-corrected chi connectivity index (χ1v) is 7.01. The van der Waals surface area contributed by atoms with Crippen molar-refractivity contribution in [3.8, 4) is 0 Å². The van der Waals surface area contributed by atoms with Crippen molar-refractivity contribution in [3.05, 3.63) is 30.2 Å². The van der Waals surface area contributed by atoms with E-state index in [1.54, 1.807) is 25.1 Å². The number of nitrogens with two attached hydrogens (primary N) is 1. The fourth-order valence-electron chi connectivity index (χ4n) is 2.33. The average Bonchev–Trinajstić information content (AvgIpc) is 3.10. The normalized spacial score (nSPS) is 10.8. The minimum absolute atomic E-state index is 0.0725. The SMILES string of the molecule is COC(=O)Nc1cn(CC(=O)n2c(C)nc3ccc(N)cc32)nn1. The number of nitrogens with zero attached hydrogens (tertiary/aromatic N) is 5. The third kappa shape index (κ3) is 2.89. The van der Waals surface area contributed by atoms with Gasteiger partial charge in [-0.15, -0.1) is 5.10 Å². The lowest BCUT2D eigenvalue weighted by Gasteiger charge is -2.05. The lowest BCUT2D eigenvalue weighted by atomic mass is 10.3. The molecule has 1 amide bonds. The summed E-state index contributed by atoms with van der Waals surface area (Å²) in [5.41, 5.74) is 7.64. The van der Waals surface area contributed by atoms with Crippen LogP contribution in [0.5, 0.6) is 0 Å². The summed E-state index contributed by atoms with van der Waals surface area (Å²) in [5, 5.41) is 9.90. The van der Waals surface area contributed by atoms with Crippen LogP contribution in [-0.4, -0.2) is 43.7 Å². The molecule has 0 radical (unpaired) electrons. The van der Waals surface area contributed by atoms with Crippen molar-refractivity contribution in [2.75, 3.05) is 18.2 Å². The third-order valence-electron chi connectivity index (χ3n) is 3.35. The zero-order valence-corrected chi connectivity index (χ0v) is 13.1. The van der Waals surface area contributed by atoms with Crippen molar-refractivity contribution in [2.45, 2.75) is 13.5 Å². The highest BCUT2D eigenvalue weighted by Gasteiger charge is 2.16. The van der Waals surface area contributed by atoms with Gasteiger partial charge in [0.2, 0.25) is 0 Å². The minimum Gasteiger partial charge on any atom is -0.453 e. The molecule has 0 spiro atoms. The first kappa shape index (κ1) is 15.5. The summed E-state index contributed by atoms with van der Waals surface area (Å²) in [5.74, 6) is 0.481. The summed E-state index contributed by atoms with van der Waals surface area (Å²) in [4.78, 5) is 28.1. The Morgan fingerprint density at radius 1 is 1.38 bits per heavy atom. The first-order valence-electron chi connectivity index (χ1n) is 7.01. The first-order chi connectivity index (χ1) is 11.5. The van der Waals surface area contributed by atoms with Gasteiger partial charge in [0.15, 0.2) is 5.82 Å². The molecular weight excluding hydrogens is 314 g/mol. The van der Waals surface area contributed by atoms with Crippen molar-refractivity contribution in [2.24, 2.45) is 0 Å². The van der Waals surface area contributed by atoms with Crippen LogP contribution >= 0.6 is 0 Å². The van der Waals surface area contributed by atoms with Crippen LogP contribution in [0, 0.1) is 6.92 Å². The second-order valence-corrected chi connectivity index (χ2v) is 5.05. The topological polar surface area (TPSA) is 130 Å². The van der Waals surface area contributed by atoms with Gasteiger partial charge in [-0.25, -0.2) is 14.5 Å². The van der Waals surface area contributed by atoms with Crippen LogP contribution in [-0.2, 0) is 11.3 Å². The molecule has 0 saturated carbocycles. The molecule has 0 aliphatic carbocycles. The highest BCUT2D eigenvalue weighted by molar-refractivity contribution is 5.92. The van der Waals surface area contributed by atoms with Gasteiger partial charge >= 0.3 is 6.09 Å². The van der Waals surface area contributed by atoms with Crippen LogP contribution in [0.4, 0.5) is 16.3 Å². The van der Waals surface area contributed by atoms with Gasteiger partial charge in [0.05, 0.1) is 24.3 Å². The van der Waals surface area contributed by atoms with Crippen LogP contribution in [0.15, 0.2) is 24.4 Å². The molecule has 10 heteroatoms. The Hall–Kier alpha value is -3.43. The highest BCUT2D eigenvalue weighted by atomic mass is 16.5. The number of rotatable bonds is 3. The molecule has 2 aromatic heterocycles. The molecule has 10 nitrogen and oxygen atoms in total. The van der Waals surface area contributed by atoms with Gasteiger partial charge in [-0.2, -0.15) is 0 Å². The number of imidazole rings is 1. The predicted molar refractivity (Wildman–Crippen MR) is 85.6 cm³/mol. The summed E-state index contributed by atoms with van der Waals surface area (Å²) in [6.07, 6.45) is 0.762. The van der Waals surface area contributed by atoms with E-state index in [0.29, 0.717) is 22.5 Å². The van der Waals surface area contributed by atoms with E-state index in [1.807, 2.05) is 0 Å². The number of nitrogen functional groups attached to an aromatic ring is 1. The molecular formula is C14H15N7O3. The Bertz CT molecular complexity index is 928. The number of hydrogen-bond acceptors (Lipinski definition) is 7. The molecule has 0 bridgehead atoms. The van der Waals surface area contributed by atoms with Gasteiger partial charge in [0, 0.05) is 5.69 Å². The van der Waals surface area contributed by atoms with Crippen LogP contribution in [0.1, 0.15) is 10.6 Å². The Balaban J connectivity index is 1.84. The number of amides is 1. The molecule has 24 heavy (non-hydrogen) atoms. The van der Waals surface area contributed by atoms with Crippen LogP contribution in [0.2, 0.25) is 0 Å². The van der Waals surface area contributed by atoms with Gasteiger partial charge in [0.1, 0.15) is 12.4 Å². The Morgan fingerprint density at radius 2 is 2.17 bits per heavy atom. The smallest absolute Gasteiger partial charge is 0.412 e. The van der Waals surface area contributed by atoms with Crippen LogP contribution in [0.25, 0.3) is 11.0 Å². The fourth-order valence-corrected chi connectivity index (χ4v) is 2.33. The van der Waals surface area contributed by atoms with Crippen molar-refractivity contribution >= 4 is 34.5 Å². The van der Waals surface area contributed by atoms with Crippen molar-refractivity contribution in [3.63, 3.8) is 0 Å². The summed E-state index contributed by atoms with van der Waals surface area (Å²) in [7, 11) is 1.24. The van der Waals surface area contributed by atoms with Gasteiger partial charge in [-0.1, -0.05) is 5.21 Å². The monoisotopic (exact) mass is 329 g/mol. The van der Waals surface area contributed by atoms with E-state index in [4.69, 9.17) is 5.73 Å². The zero-order chi connectivity index (χ0) is 17.3.